The number of halogens is 2. The van der Waals surface area contributed by atoms with E-state index in [0.717, 1.165) is 10.0 Å². The summed E-state index contributed by atoms with van der Waals surface area (Å²) in [5.74, 6) is -1.13. The van der Waals surface area contributed by atoms with Gasteiger partial charge in [-0.25, -0.2) is 4.79 Å². The van der Waals surface area contributed by atoms with Crippen LogP contribution >= 0.6 is 27.5 Å². The van der Waals surface area contributed by atoms with Gasteiger partial charge in [-0.3, -0.25) is 4.79 Å². The maximum absolute atomic E-state index is 11.9. The summed E-state index contributed by atoms with van der Waals surface area (Å²) in [6.07, 6.45) is 0. The molecular weight excluding hydrogens is 384 g/mol. The van der Waals surface area contributed by atoms with E-state index in [-0.39, 0.29) is 11.3 Å². The van der Waals surface area contributed by atoms with E-state index in [1.165, 1.54) is 18.2 Å². The molecule has 0 spiro atoms. The molecule has 5 nitrogen and oxygen atoms in total. The van der Waals surface area contributed by atoms with Crippen molar-refractivity contribution in [2.24, 2.45) is 0 Å². The summed E-state index contributed by atoms with van der Waals surface area (Å²) in [7, 11) is 0. The van der Waals surface area contributed by atoms with Crippen LogP contribution in [0.25, 0.3) is 0 Å². The number of ether oxygens (including phenoxy) is 1. The van der Waals surface area contributed by atoms with Gasteiger partial charge >= 0.3 is 5.97 Å². The molecule has 0 atom stereocenters. The predicted octanol–water partition coefficient (Wildman–Crippen LogP) is 3.79. The lowest BCUT2D eigenvalue weighted by Gasteiger charge is -2.09. The van der Waals surface area contributed by atoms with Crippen LogP contribution in [0.2, 0.25) is 5.02 Å². The second-order valence-electron chi connectivity index (χ2n) is 4.84. The normalized spacial score (nSPS) is 10.2. The van der Waals surface area contributed by atoms with Gasteiger partial charge in [0.1, 0.15) is 0 Å². The van der Waals surface area contributed by atoms with Gasteiger partial charge in [0.15, 0.2) is 6.61 Å². The lowest BCUT2D eigenvalue weighted by molar-refractivity contribution is -0.119. The number of amides is 1. The Kier molecular flexibility index (Phi) is 5.63. The van der Waals surface area contributed by atoms with Crippen molar-refractivity contribution in [3.63, 3.8) is 0 Å². The van der Waals surface area contributed by atoms with Crippen molar-refractivity contribution >= 4 is 50.8 Å². The van der Waals surface area contributed by atoms with Gasteiger partial charge in [0.2, 0.25) is 0 Å². The van der Waals surface area contributed by atoms with Gasteiger partial charge in [0.25, 0.3) is 5.91 Å². The minimum Gasteiger partial charge on any atom is -0.452 e. The molecule has 0 radical (unpaired) electrons. The number of nitrogens with two attached hydrogens (primary N) is 1. The fourth-order valence-corrected chi connectivity index (χ4v) is 2.61. The number of aryl methyl sites for hydroxylation is 1. The minimum absolute atomic E-state index is 0.165. The molecule has 1 amide bonds. The van der Waals surface area contributed by atoms with Crippen LogP contribution in [0.4, 0.5) is 11.4 Å². The molecule has 0 heterocycles. The summed E-state index contributed by atoms with van der Waals surface area (Å²) in [5.41, 5.74) is 7.71. The fourth-order valence-electron chi connectivity index (χ4n) is 1.84. The van der Waals surface area contributed by atoms with Crippen LogP contribution in [0.3, 0.4) is 0 Å². The number of benzene rings is 2. The molecule has 0 aliphatic carbocycles. The highest BCUT2D eigenvalue weighted by Crippen LogP contribution is 2.23. The molecule has 0 aliphatic heterocycles. The second-order valence-corrected chi connectivity index (χ2v) is 6.13. The van der Waals surface area contributed by atoms with Crippen LogP contribution in [0.1, 0.15) is 15.9 Å². The van der Waals surface area contributed by atoms with Gasteiger partial charge in [-0.2, -0.15) is 0 Å². The van der Waals surface area contributed by atoms with Gasteiger partial charge in [-0.05, 0) is 58.7 Å². The van der Waals surface area contributed by atoms with Gasteiger partial charge in [0, 0.05) is 15.2 Å². The Bertz CT molecular complexity index is 765. The first kappa shape index (κ1) is 17.3. The maximum atomic E-state index is 11.9. The predicted molar refractivity (Wildman–Crippen MR) is 93.7 cm³/mol. The summed E-state index contributed by atoms with van der Waals surface area (Å²) in [5, 5.41) is 3.07. The topological polar surface area (TPSA) is 81.4 Å². The number of carbonyl (C=O) groups excluding carboxylic acids is 2. The summed E-state index contributed by atoms with van der Waals surface area (Å²) < 4.78 is 5.71. The molecule has 0 unspecified atom stereocenters. The molecule has 0 bridgehead atoms. The average Bonchev–Trinajstić information content (AvgIpc) is 2.48. The Morgan fingerprint density at radius 1 is 1.26 bits per heavy atom. The van der Waals surface area contributed by atoms with Gasteiger partial charge in [-0.15, -0.1) is 0 Å². The van der Waals surface area contributed by atoms with Crippen molar-refractivity contribution < 1.29 is 14.3 Å². The third-order valence-electron chi connectivity index (χ3n) is 2.97. The third-order valence-corrected chi connectivity index (χ3v) is 3.86. The molecule has 0 fully saturated rings. The van der Waals surface area contributed by atoms with Crippen molar-refractivity contribution in [3.8, 4) is 0 Å². The zero-order chi connectivity index (χ0) is 17.0. The summed E-state index contributed by atoms with van der Waals surface area (Å²) in [6.45, 7) is 1.52. The molecule has 120 valence electrons. The Balaban J connectivity index is 1.94. The van der Waals surface area contributed by atoms with E-state index in [0.29, 0.717) is 10.7 Å². The first-order valence-electron chi connectivity index (χ1n) is 6.65. The van der Waals surface area contributed by atoms with E-state index in [2.05, 4.69) is 21.2 Å². The lowest BCUT2D eigenvalue weighted by Crippen LogP contribution is -2.21. The zero-order valence-electron chi connectivity index (χ0n) is 12.2. The highest BCUT2D eigenvalue weighted by Gasteiger charge is 2.14. The van der Waals surface area contributed by atoms with Crippen LogP contribution in [0.15, 0.2) is 40.9 Å². The fraction of sp³-hybridized carbons (Fsp3) is 0.125. The Hall–Kier alpha value is -2.05. The number of hydrogen-bond acceptors (Lipinski definition) is 4. The van der Waals surface area contributed by atoms with Crippen molar-refractivity contribution in [2.45, 2.75) is 6.92 Å². The summed E-state index contributed by atoms with van der Waals surface area (Å²) >= 11 is 9.12. The zero-order valence-corrected chi connectivity index (χ0v) is 14.6. The maximum Gasteiger partial charge on any atom is 0.340 e. The highest BCUT2D eigenvalue weighted by atomic mass is 79.9. The van der Waals surface area contributed by atoms with Crippen molar-refractivity contribution in [3.05, 3.63) is 57.0 Å². The SMILES string of the molecule is Cc1ccc(NC(=O)COC(=O)c2ccc(Cl)cc2N)c(Br)c1. The lowest BCUT2D eigenvalue weighted by atomic mass is 10.2. The number of nitrogens with one attached hydrogen (secondary N) is 1. The average molecular weight is 398 g/mol. The molecule has 3 N–H and O–H groups in total. The number of rotatable bonds is 4. The smallest absolute Gasteiger partial charge is 0.340 e. The molecule has 2 aromatic rings. The largest absolute Gasteiger partial charge is 0.452 e. The molecule has 7 heteroatoms. The molecular formula is C16H14BrClN2O3. The van der Waals surface area contributed by atoms with Gasteiger partial charge in [-0.1, -0.05) is 17.7 Å². The second kappa shape index (κ2) is 7.48. The van der Waals surface area contributed by atoms with Crippen LogP contribution in [-0.4, -0.2) is 18.5 Å². The van der Waals surface area contributed by atoms with E-state index in [9.17, 15) is 9.59 Å². The summed E-state index contributed by atoms with van der Waals surface area (Å²) in [4.78, 5) is 23.8. The van der Waals surface area contributed by atoms with Crippen molar-refractivity contribution in [1.82, 2.24) is 0 Å². The summed E-state index contributed by atoms with van der Waals surface area (Å²) in [6, 6.07) is 9.92. The Labute approximate surface area is 146 Å². The highest BCUT2D eigenvalue weighted by molar-refractivity contribution is 9.10. The third kappa shape index (κ3) is 4.71. The Morgan fingerprint density at radius 3 is 2.65 bits per heavy atom. The number of carbonyl (C=O) groups is 2. The molecule has 0 saturated heterocycles. The number of nitrogen functional groups attached to an aromatic ring is 1. The number of hydrogen-bond donors (Lipinski definition) is 2. The van der Waals surface area contributed by atoms with Crippen LogP contribution in [0.5, 0.6) is 0 Å². The standard InChI is InChI=1S/C16H14BrClN2O3/c1-9-2-5-14(12(17)6-9)20-15(21)8-23-16(22)11-4-3-10(18)7-13(11)19/h2-7H,8,19H2,1H3,(H,20,21). The van der Waals surface area contributed by atoms with E-state index in [1.807, 2.05) is 19.1 Å². The number of anilines is 2. The monoisotopic (exact) mass is 396 g/mol. The molecule has 0 aromatic heterocycles. The van der Waals surface area contributed by atoms with Gasteiger partial charge < -0.3 is 15.8 Å². The van der Waals surface area contributed by atoms with Crippen LogP contribution in [-0.2, 0) is 9.53 Å². The van der Waals surface area contributed by atoms with E-state index >= 15 is 0 Å². The quantitative estimate of drug-likeness (QED) is 0.607. The van der Waals surface area contributed by atoms with Crippen molar-refractivity contribution in [1.29, 1.82) is 0 Å². The first-order chi connectivity index (χ1) is 10.9. The van der Waals surface area contributed by atoms with Crippen LogP contribution in [0, 0.1) is 6.92 Å². The van der Waals surface area contributed by atoms with Crippen LogP contribution < -0.4 is 11.1 Å². The van der Waals surface area contributed by atoms with E-state index < -0.39 is 18.5 Å². The molecule has 0 saturated carbocycles. The minimum atomic E-state index is -0.683. The molecule has 2 aromatic carbocycles. The van der Waals surface area contributed by atoms with Crippen molar-refractivity contribution in [2.75, 3.05) is 17.7 Å². The van der Waals surface area contributed by atoms with E-state index in [1.54, 1.807) is 6.07 Å². The number of esters is 1. The Morgan fingerprint density at radius 2 is 2.00 bits per heavy atom. The molecule has 23 heavy (non-hydrogen) atoms. The molecule has 2 rings (SSSR count). The molecule has 0 aliphatic rings. The van der Waals surface area contributed by atoms with Gasteiger partial charge in [0.05, 0.1) is 11.3 Å². The first-order valence-corrected chi connectivity index (χ1v) is 7.82. The van der Waals surface area contributed by atoms with E-state index in [4.69, 9.17) is 22.1 Å².